The molecular formula is C32H24N2S2. The first-order valence-electron chi connectivity index (χ1n) is 12.2. The van der Waals surface area contributed by atoms with Crippen molar-refractivity contribution in [2.45, 2.75) is 20.5 Å². The molecule has 174 valence electrons. The Hall–Kier alpha value is -3.60. The lowest BCUT2D eigenvalue weighted by Crippen LogP contribution is -2.00. The largest absolute Gasteiger partial charge is 0.368 e. The Labute approximate surface area is 220 Å². The number of hydrogen-bond donors (Lipinski definition) is 2. The fraction of sp³-hybridized carbons (Fsp3) is 0.0625. The first-order chi connectivity index (χ1) is 17.8. The topological polar surface area (TPSA) is 24.1 Å². The molecule has 36 heavy (non-hydrogen) atoms. The molecule has 2 heterocycles. The monoisotopic (exact) mass is 500 g/mol. The molecule has 2 aliphatic heterocycles. The third-order valence-electron chi connectivity index (χ3n) is 6.76. The number of hydrogen-bond acceptors (Lipinski definition) is 4. The van der Waals surface area contributed by atoms with Crippen molar-refractivity contribution >= 4 is 34.9 Å². The molecule has 2 nitrogen and oxygen atoms in total. The lowest BCUT2D eigenvalue weighted by molar-refractivity contribution is 1.13. The highest BCUT2D eigenvalue weighted by Gasteiger charge is 2.24. The average molecular weight is 501 g/mol. The van der Waals surface area contributed by atoms with Crippen LogP contribution in [0.25, 0.3) is 22.3 Å². The molecule has 7 rings (SSSR count). The van der Waals surface area contributed by atoms with Crippen molar-refractivity contribution in [3.63, 3.8) is 0 Å². The van der Waals surface area contributed by atoms with Gasteiger partial charge in [0.25, 0.3) is 0 Å². The zero-order chi connectivity index (χ0) is 23.9. The van der Waals surface area contributed by atoms with Crippen LogP contribution in [0.5, 0.6) is 0 Å². The van der Waals surface area contributed by atoms with E-state index in [0.717, 1.165) is 0 Å². The molecule has 2 atom stereocenters. The lowest BCUT2D eigenvalue weighted by Gasteiger charge is -2.09. The van der Waals surface area contributed by atoms with Gasteiger partial charge in [0, 0.05) is 21.2 Å². The van der Waals surface area contributed by atoms with E-state index in [1.807, 2.05) is 23.5 Å². The Morgan fingerprint density at radius 3 is 1.33 bits per heavy atom. The molecule has 0 saturated carbocycles. The van der Waals surface area contributed by atoms with Crippen molar-refractivity contribution < 1.29 is 0 Å². The van der Waals surface area contributed by atoms with Gasteiger partial charge >= 0.3 is 0 Å². The van der Waals surface area contributed by atoms with Gasteiger partial charge in [0.05, 0.1) is 0 Å². The number of thioether (sulfide) groups is 2. The van der Waals surface area contributed by atoms with E-state index in [4.69, 9.17) is 0 Å². The van der Waals surface area contributed by atoms with Gasteiger partial charge in [-0.05, 0) is 63.7 Å². The van der Waals surface area contributed by atoms with Crippen molar-refractivity contribution in [3.8, 4) is 22.3 Å². The zero-order valence-electron chi connectivity index (χ0n) is 19.5. The van der Waals surface area contributed by atoms with E-state index in [9.17, 15) is 0 Å². The van der Waals surface area contributed by atoms with E-state index in [0.29, 0.717) is 0 Å². The molecule has 5 aromatic rings. The molecule has 0 bridgehead atoms. The van der Waals surface area contributed by atoms with Crippen molar-refractivity contribution in [1.29, 1.82) is 0 Å². The van der Waals surface area contributed by atoms with Gasteiger partial charge in [-0.3, -0.25) is 0 Å². The molecular weight excluding hydrogens is 477 g/mol. The van der Waals surface area contributed by atoms with Gasteiger partial charge in [-0.1, -0.05) is 115 Å². The number of rotatable bonds is 4. The summed E-state index contributed by atoms with van der Waals surface area (Å²) in [5.74, 6) is 0. The quantitative estimate of drug-likeness (QED) is 0.257. The van der Waals surface area contributed by atoms with Crippen LogP contribution in [0.3, 0.4) is 0 Å². The summed E-state index contributed by atoms with van der Waals surface area (Å²) in [6.07, 6.45) is 0. The van der Waals surface area contributed by atoms with Gasteiger partial charge in [0.1, 0.15) is 10.7 Å². The second kappa shape index (κ2) is 9.12. The molecule has 0 aromatic heterocycles. The minimum absolute atomic E-state index is 0.264. The standard InChI is InChI=1S/C32H24N2S2/c1-3-8-21(9-4-1)31-33-27-16-14-25(19-29(27)35-31)23-12-7-13-24(18-23)26-15-17-28-30(20-26)36-32(34-28)22-10-5-2-6-11-22/h1-20,31-34H. The van der Waals surface area contributed by atoms with Crippen LogP contribution >= 0.6 is 23.5 Å². The Kier molecular flexibility index (Phi) is 5.49. The van der Waals surface area contributed by atoms with Gasteiger partial charge in [-0.2, -0.15) is 0 Å². The van der Waals surface area contributed by atoms with E-state index in [2.05, 4.69) is 132 Å². The maximum absolute atomic E-state index is 3.66. The van der Waals surface area contributed by atoms with E-state index >= 15 is 0 Å². The summed E-state index contributed by atoms with van der Waals surface area (Å²) >= 11 is 3.78. The Morgan fingerprint density at radius 1 is 0.417 bits per heavy atom. The maximum atomic E-state index is 3.66. The van der Waals surface area contributed by atoms with Gasteiger partial charge in [-0.25, -0.2) is 0 Å². The molecule has 0 fully saturated rings. The van der Waals surface area contributed by atoms with Gasteiger partial charge in [-0.15, -0.1) is 0 Å². The van der Waals surface area contributed by atoms with E-state index in [-0.39, 0.29) is 10.7 Å². The van der Waals surface area contributed by atoms with Gasteiger partial charge in [0.2, 0.25) is 0 Å². The predicted molar refractivity (Wildman–Crippen MR) is 155 cm³/mol. The summed E-state index contributed by atoms with van der Waals surface area (Å²) in [5.41, 5.74) is 10.0. The van der Waals surface area contributed by atoms with Crippen LogP contribution in [-0.4, -0.2) is 0 Å². The first kappa shape index (κ1) is 21.7. The third-order valence-corrected chi connectivity index (χ3v) is 9.19. The molecule has 0 amide bonds. The average Bonchev–Trinajstić information content (AvgIpc) is 3.58. The van der Waals surface area contributed by atoms with Crippen LogP contribution in [0.1, 0.15) is 21.9 Å². The fourth-order valence-corrected chi connectivity index (χ4v) is 7.23. The molecule has 0 radical (unpaired) electrons. The van der Waals surface area contributed by atoms with E-state index in [1.165, 1.54) is 54.5 Å². The highest BCUT2D eigenvalue weighted by molar-refractivity contribution is 8.00. The molecule has 2 N–H and O–H groups in total. The number of anilines is 2. The van der Waals surface area contributed by atoms with Crippen molar-refractivity contribution in [2.24, 2.45) is 0 Å². The van der Waals surface area contributed by atoms with E-state index < -0.39 is 0 Å². The lowest BCUT2D eigenvalue weighted by atomic mass is 9.98. The smallest absolute Gasteiger partial charge is 0.103 e. The summed E-state index contributed by atoms with van der Waals surface area (Å²) in [7, 11) is 0. The van der Waals surface area contributed by atoms with Gasteiger partial charge in [0.15, 0.2) is 0 Å². The van der Waals surface area contributed by atoms with Crippen molar-refractivity contribution in [1.82, 2.24) is 0 Å². The number of fused-ring (bicyclic) bond motifs is 2. The molecule has 0 saturated heterocycles. The van der Waals surface area contributed by atoms with Crippen LogP contribution in [0.2, 0.25) is 0 Å². The molecule has 2 aliphatic rings. The summed E-state index contributed by atoms with van der Waals surface area (Å²) < 4.78 is 0. The maximum Gasteiger partial charge on any atom is 0.103 e. The van der Waals surface area contributed by atoms with Crippen LogP contribution in [0.15, 0.2) is 131 Å². The number of benzene rings is 5. The summed E-state index contributed by atoms with van der Waals surface area (Å²) in [6.45, 7) is 0. The SMILES string of the molecule is c1ccc(C2Nc3ccc(-c4cccc(-c5ccc6c(c5)SC(c5ccccc5)N6)c4)cc3S2)cc1. The Bertz CT molecular complexity index is 1440. The Balaban J connectivity index is 1.14. The molecule has 4 heteroatoms. The van der Waals surface area contributed by atoms with E-state index in [1.54, 1.807) is 0 Å². The predicted octanol–water partition coefficient (Wildman–Crippen LogP) is 9.45. The fourth-order valence-electron chi connectivity index (χ4n) is 4.87. The molecule has 5 aromatic carbocycles. The number of nitrogens with one attached hydrogen (secondary N) is 2. The van der Waals surface area contributed by atoms with Crippen LogP contribution in [0.4, 0.5) is 11.4 Å². The van der Waals surface area contributed by atoms with Gasteiger partial charge < -0.3 is 10.6 Å². The summed E-state index contributed by atoms with van der Waals surface area (Å²) in [5, 5.41) is 7.85. The van der Waals surface area contributed by atoms with Crippen molar-refractivity contribution in [2.75, 3.05) is 10.6 Å². The van der Waals surface area contributed by atoms with Crippen molar-refractivity contribution in [3.05, 3.63) is 132 Å². The third kappa shape index (κ3) is 4.06. The summed E-state index contributed by atoms with van der Waals surface area (Å²) in [4.78, 5) is 2.61. The molecule has 0 spiro atoms. The zero-order valence-corrected chi connectivity index (χ0v) is 21.2. The first-order valence-corrected chi connectivity index (χ1v) is 13.9. The van der Waals surface area contributed by atoms with Crippen LogP contribution in [0, 0.1) is 0 Å². The molecule has 2 unspecified atom stereocenters. The minimum Gasteiger partial charge on any atom is -0.368 e. The second-order valence-electron chi connectivity index (χ2n) is 9.11. The molecule has 0 aliphatic carbocycles. The summed E-state index contributed by atoms with van der Waals surface area (Å²) in [6, 6.07) is 43.7. The highest BCUT2D eigenvalue weighted by atomic mass is 32.2. The second-order valence-corrected chi connectivity index (χ2v) is 11.4. The Morgan fingerprint density at radius 2 is 0.861 bits per heavy atom. The van der Waals surface area contributed by atoms with Crippen LogP contribution in [-0.2, 0) is 0 Å². The van der Waals surface area contributed by atoms with Crippen LogP contribution < -0.4 is 10.6 Å². The minimum atomic E-state index is 0.264. The normalized spacial score (nSPS) is 17.7. The highest BCUT2D eigenvalue weighted by Crippen LogP contribution is 2.49.